The number of hydrogen-bond donors (Lipinski definition) is 2. The van der Waals surface area contributed by atoms with Crippen LogP contribution in [0.15, 0.2) is 48.6 Å². The molecule has 24 heavy (non-hydrogen) atoms. The molecule has 0 unspecified atom stereocenters. The first-order valence-corrected chi connectivity index (χ1v) is 8.49. The molecule has 3 atom stereocenters. The molecule has 0 radical (unpaired) electrons. The van der Waals surface area contributed by atoms with E-state index in [-0.39, 0.29) is 6.04 Å². The molecule has 0 saturated heterocycles. The summed E-state index contributed by atoms with van der Waals surface area (Å²) in [5.41, 5.74) is 4.44. The summed E-state index contributed by atoms with van der Waals surface area (Å²) in [6.45, 7) is 1.88. The summed E-state index contributed by atoms with van der Waals surface area (Å²) >= 11 is 6.18. The Labute approximate surface area is 146 Å². The smallest absolute Gasteiger partial charge is 0.336 e. The van der Waals surface area contributed by atoms with E-state index in [4.69, 9.17) is 11.6 Å². The van der Waals surface area contributed by atoms with Gasteiger partial charge in [-0.05, 0) is 54.2 Å². The molecule has 4 rings (SSSR count). The van der Waals surface area contributed by atoms with Crippen molar-refractivity contribution in [2.45, 2.75) is 25.3 Å². The molecule has 2 aromatic carbocycles. The van der Waals surface area contributed by atoms with Gasteiger partial charge in [-0.1, -0.05) is 42.0 Å². The highest BCUT2D eigenvalue weighted by molar-refractivity contribution is 6.30. The zero-order valence-corrected chi connectivity index (χ0v) is 14.0. The Morgan fingerprint density at radius 3 is 2.88 bits per heavy atom. The van der Waals surface area contributed by atoms with E-state index in [0.29, 0.717) is 17.4 Å². The van der Waals surface area contributed by atoms with Gasteiger partial charge in [-0.25, -0.2) is 4.79 Å². The minimum atomic E-state index is -0.888. The molecule has 2 N–H and O–H groups in total. The van der Waals surface area contributed by atoms with Crippen molar-refractivity contribution < 1.29 is 9.90 Å². The number of carboxylic acids is 1. The minimum absolute atomic E-state index is 0.124. The van der Waals surface area contributed by atoms with Crippen molar-refractivity contribution >= 4 is 23.3 Å². The maximum atomic E-state index is 11.5. The standard InChI is InChI=1S/C20H18ClNO2/c1-11-14(20(23)24)8-9-17-15-6-3-7-16(15)19(22-18(11)17)12-4-2-5-13(21)10-12/h2-6,8-10,15-16,19,22H,7H2,1H3,(H,23,24)/t15-,16+,19-/m0/s1. The number of carboxylic acid groups (broad SMARTS) is 1. The normalized spacial score (nSPS) is 24.2. The molecule has 122 valence electrons. The lowest BCUT2D eigenvalue weighted by molar-refractivity contribution is 0.0696. The lowest BCUT2D eigenvalue weighted by Gasteiger charge is -2.38. The highest BCUT2D eigenvalue weighted by Gasteiger charge is 2.38. The van der Waals surface area contributed by atoms with Crippen molar-refractivity contribution in [2.24, 2.45) is 5.92 Å². The van der Waals surface area contributed by atoms with E-state index < -0.39 is 5.97 Å². The summed E-state index contributed by atoms with van der Waals surface area (Å²) in [7, 11) is 0. The van der Waals surface area contributed by atoms with Crippen LogP contribution in [0.2, 0.25) is 5.02 Å². The van der Waals surface area contributed by atoms with Crippen LogP contribution in [0.4, 0.5) is 5.69 Å². The Bertz CT molecular complexity index is 859. The highest BCUT2D eigenvalue weighted by Crippen LogP contribution is 2.51. The van der Waals surface area contributed by atoms with Crippen molar-refractivity contribution in [3.8, 4) is 0 Å². The van der Waals surface area contributed by atoms with Gasteiger partial charge < -0.3 is 10.4 Å². The number of hydrogen-bond acceptors (Lipinski definition) is 2. The van der Waals surface area contributed by atoms with Gasteiger partial charge in [0.05, 0.1) is 11.6 Å². The van der Waals surface area contributed by atoms with E-state index >= 15 is 0 Å². The van der Waals surface area contributed by atoms with E-state index in [0.717, 1.165) is 28.3 Å². The van der Waals surface area contributed by atoms with E-state index in [1.165, 1.54) is 5.56 Å². The monoisotopic (exact) mass is 339 g/mol. The Morgan fingerprint density at radius 2 is 2.12 bits per heavy atom. The number of aromatic carboxylic acids is 1. The maximum Gasteiger partial charge on any atom is 0.336 e. The zero-order chi connectivity index (χ0) is 16.8. The Morgan fingerprint density at radius 1 is 1.29 bits per heavy atom. The van der Waals surface area contributed by atoms with E-state index in [9.17, 15) is 9.90 Å². The van der Waals surface area contributed by atoms with Crippen LogP contribution >= 0.6 is 11.6 Å². The second-order valence-electron chi connectivity index (χ2n) is 6.54. The summed E-state index contributed by atoms with van der Waals surface area (Å²) in [6, 6.07) is 11.7. The average molecular weight is 340 g/mol. The summed E-state index contributed by atoms with van der Waals surface area (Å²) in [6.07, 6.45) is 5.49. The molecule has 0 aromatic heterocycles. The summed E-state index contributed by atoms with van der Waals surface area (Å²) < 4.78 is 0. The van der Waals surface area contributed by atoms with Gasteiger partial charge in [0.2, 0.25) is 0 Å². The zero-order valence-electron chi connectivity index (χ0n) is 13.3. The third-order valence-corrected chi connectivity index (χ3v) is 5.47. The predicted molar refractivity (Wildman–Crippen MR) is 95.9 cm³/mol. The number of nitrogens with one attached hydrogen (secondary N) is 1. The molecule has 0 fully saturated rings. The molecule has 0 spiro atoms. The van der Waals surface area contributed by atoms with Crippen LogP contribution in [0.3, 0.4) is 0 Å². The van der Waals surface area contributed by atoms with Gasteiger partial charge >= 0.3 is 5.97 Å². The SMILES string of the molecule is Cc1c(C(=O)O)ccc2c1N[C@@H](c1cccc(Cl)c1)[C@@H]1CC=C[C@H]21. The minimum Gasteiger partial charge on any atom is -0.478 e. The average Bonchev–Trinajstić information content (AvgIpc) is 3.04. The first-order chi connectivity index (χ1) is 11.6. The lowest BCUT2D eigenvalue weighted by atomic mass is 9.76. The Kier molecular flexibility index (Phi) is 3.61. The van der Waals surface area contributed by atoms with Crippen molar-refractivity contribution in [3.05, 3.63) is 75.8 Å². The van der Waals surface area contributed by atoms with Crippen LogP contribution in [-0.4, -0.2) is 11.1 Å². The fourth-order valence-corrected chi connectivity index (χ4v) is 4.27. The first-order valence-electron chi connectivity index (χ1n) is 8.11. The Hall–Kier alpha value is -2.26. The van der Waals surface area contributed by atoms with Crippen molar-refractivity contribution in [3.63, 3.8) is 0 Å². The van der Waals surface area contributed by atoms with Gasteiger partial charge in [0.25, 0.3) is 0 Å². The van der Waals surface area contributed by atoms with Gasteiger partial charge in [0, 0.05) is 16.6 Å². The van der Waals surface area contributed by atoms with Gasteiger partial charge in [-0.3, -0.25) is 0 Å². The molecule has 2 aliphatic rings. The Balaban J connectivity index is 1.85. The number of rotatable bonds is 2. The van der Waals surface area contributed by atoms with Gasteiger partial charge in [0.1, 0.15) is 0 Å². The van der Waals surface area contributed by atoms with Gasteiger partial charge in [-0.15, -0.1) is 0 Å². The van der Waals surface area contributed by atoms with Crippen molar-refractivity contribution in [1.29, 1.82) is 0 Å². The molecule has 3 nitrogen and oxygen atoms in total. The van der Waals surface area contributed by atoms with E-state index in [2.05, 4.69) is 23.5 Å². The van der Waals surface area contributed by atoms with Crippen LogP contribution in [0.1, 0.15) is 45.4 Å². The van der Waals surface area contributed by atoms with Crippen LogP contribution in [0.5, 0.6) is 0 Å². The van der Waals surface area contributed by atoms with Crippen LogP contribution in [0.25, 0.3) is 0 Å². The van der Waals surface area contributed by atoms with E-state index in [1.54, 1.807) is 6.07 Å². The molecular weight excluding hydrogens is 322 g/mol. The fourth-order valence-electron chi connectivity index (χ4n) is 4.08. The maximum absolute atomic E-state index is 11.5. The van der Waals surface area contributed by atoms with Crippen molar-refractivity contribution in [2.75, 3.05) is 5.32 Å². The third kappa shape index (κ3) is 2.31. The third-order valence-electron chi connectivity index (χ3n) is 5.24. The summed E-state index contributed by atoms with van der Waals surface area (Å²) in [5, 5.41) is 13.7. The highest BCUT2D eigenvalue weighted by atomic mass is 35.5. The number of anilines is 1. The second kappa shape index (κ2) is 5.67. The largest absolute Gasteiger partial charge is 0.478 e. The molecule has 1 aliphatic carbocycles. The quantitative estimate of drug-likeness (QED) is 0.742. The summed E-state index contributed by atoms with van der Waals surface area (Å²) in [5.74, 6) is -0.154. The van der Waals surface area contributed by atoms with Gasteiger partial charge in [0.15, 0.2) is 0 Å². The molecule has 1 heterocycles. The lowest BCUT2D eigenvalue weighted by Crippen LogP contribution is -2.30. The number of carbonyl (C=O) groups is 1. The molecule has 0 bridgehead atoms. The fraction of sp³-hybridized carbons (Fsp3) is 0.250. The number of fused-ring (bicyclic) bond motifs is 3. The molecule has 0 saturated carbocycles. The van der Waals surface area contributed by atoms with Crippen LogP contribution in [-0.2, 0) is 0 Å². The molecule has 4 heteroatoms. The van der Waals surface area contributed by atoms with Crippen LogP contribution in [0, 0.1) is 12.8 Å². The van der Waals surface area contributed by atoms with Crippen molar-refractivity contribution in [1.82, 2.24) is 0 Å². The number of halogens is 1. The van der Waals surface area contributed by atoms with E-state index in [1.807, 2.05) is 31.2 Å². The van der Waals surface area contributed by atoms with Crippen LogP contribution < -0.4 is 5.32 Å². The van der Waals surface area contributed by atoms with Gasteiger partial charge in [-0.2, -0.15) is 0 Å². The topological polar surface area (TPSA) is 49.3 Å². The predicted octanol–water partition coefficient (Wildman–Crippen LogP) is 5.17. The molecule has 0 amide bonds. The molecule has 2 aromatic rings. The number of allylic oxidation sites excluding steroid dienone is 2. The first kappa shape index (κ1) is 15.3. The number of benzene rings is 2. The molecule has 1 aliphatic heterocycles. The second-order valence-corrected chi connectivity index (χ2v) is 6.97. The molecular formula is C20H18ClNO2. The summed E-state index contributed by atoms with van der Waals surface area (Å²) in [4.78, 5) is 11.5.